The molecule has 0 fully saturated rings. The molecule has 7 nitrogen and oxygen atoms in total. The van der Waals surface area contributed by atoms with Crippen LogP contribution < -0.4 is 9.86 Å². The Morgan fingerprint density at radius 1 is 1.05 bits per heavy atom. The van der Waals surface area contributed by atoms with Crippen LogP contribution in [0, 0.1) is 0 Å². The van der Waals surface area contributed by atoms with Crippen LogP contribution in [-0.4, -0.2) is 33.1 Å². The Bertz CT molecular complexity index is 731. The maximum Gasteiger partial charge on any atom is 0.241 e. The molecule has 9 heteroatoms. The lowest BCUT2D eigenvalue weighted by molar-refractivity contribution is 0.00638. The van der Waals surface area contributed by atoms with Gasteiger partial charge in [-0.15, -0.1) is 0 Å². The highest BCUT2D eigenvalue weighted by Crippen LogP contribution is 2.24. The third-order valence-electron chi connectivity index (χ3n) is 3.36. The van der Waals surface area contributed by atoms with Crippen LogP contribution in [0.2, 0.25) is 0 Å². The molecular weight excluding hydrogens is 316 g/mol. The smallest absolute Gasteiger partial charge is 0.241 e. The van der Waals surface area contributed by atoms with Crippen molar-refractivity contribution in [1.29, 1.82) is 0 Å². The number of nitrogens with one attached hydrogen (secondary N) is 1. The molecule has 1 rings (SSSR count). The van der Waals surface area contributed by atoms with Crippen molar-refractivity contribution in [1.82, 2.24) is 4.72 Å². The van der Waals surface area contributed by atoms with E-state index in [0.29, 0.717) is 0 Å². The van der Waals surface area contributed by atoms with E-state index in [9.17, 15) is 21.9 Å². The van der Waals surface area contributed by atoms with E-state index in [2.05, 4.69) is 4.72 Å². The van der Waals surface area contributed by atoms with Gasteiger partial charge in [0.05, 0.1) is 20.9 Å². The minimum Gasteiger partial charge on any atom is -0.389 e. The number of hydrogen-bond acceptors (Lipinski definition) is 5. The Balaban J connectivity index is 3.28. The van der Waals surface area contributed by atoms with Crippen LogP contribution in [-0.2, 0) is 20.0 Å². The molecule has 0 aromatic heterocycles. The average molecular weight is 336 g/mol. The van der Waals surface area contributed by atoms with Crippen LogP contribution in [0.1, 0.15) is 27.7 Å². The van der Waals surface area contributed by atoms with Gasteiger partial charge in [-0.25, -0.2) is 26.7 Å². The Morgan fingerprint density at radius 3 is 1.95 bits per heavy atom. The lowest BCUT2D eigenvalue weighted by atomic mass is 9.87. The summed E-state index contributed by atoms with van der Waals surface area (Å²) in [5.74, 6) is 0. The first-order chi connectivity index (χ1) is 9.17. The number of benzene rings is 1. The van der Waals surface area contributed by atoms with Crippen molar-refractivity contribution in [3.63, 3.8) is 0 Å². The lowest BCUT2D eigenvalue weighted by Gasteiger charge is -2.37. The normalized spacial score (nSPS) is 14.2. The van der Waals surface area contributed by atoms with E-state index >= 15 is 0 Å². The van der Waals surface area contributed by atoms with Gasteiger partial charge in [0.2, 0.25) is 20.0 Å². The highest BCUT2D eigenvalue weighted by atomic mass is 32.2. The van der Waals surface area contributed by atoms with E-state index in [-0.39, 0.29) is 9.79 Å². The molecule has 0 saturated carbocycles. The van der Waals surface area contributed by atoms with Crippen molar-refractivity contribution >= 4 is 20.0 Å². The van der Waals surface area contributed by atoms with Gasteiger partial charge in [0, 0.05) is 0 Å². The molecule has 0 aliphatic carbocycles. The van der Waals surface area contributed by atoms with Gasteiger partial charge in [-0.2, -0.15) is 0 Å². The molecule has 0 amide bonds. The second-order valence-electron chi connectivity index (χ2n) is 5.81. The zero-order valence-electron chi connectivity index (χ0n) is 12.3. The molecule has 21 heavy (non-hydrogen) atoms. The van der Waals surface area contributed by atoms with E-state index in [1.165, 1.54) is 45.9 Å². The molecule has 0 spiro atoms. The first-order valence-electron chi connectivity index (χ1n) is 6.06. The van der Waals surface area contributed by atoms with Crippen molar-refractivity contribution in [3.05, 3.63) is 24.3 Å². The van der Waals surface area contributed by atoms with E-state index in [4.69, 9.17) is 5.14 Å². The minimum atomic E-state index is -4.01. The van der Waals surface area contributed by atoms with Crippen molar-refractivity contribution < 1.29 is 21.9 Å². The third-order valence-corrected chi connectivity index (χ3v) is 5.93. The van der Waals surface area contributed by atoms with Crippen LogP contribution in [0.5, 0.6) is 0 Å². The maximum absolute atomic E-state index is 12.3. The number of rotatable bonds is 5. The Morgan fingerprint density at radius 2 is 1.52 bits per heavy atom. The summed E-state index contributed by atoms with van der Waals surface area (Å²) in [5.41, 5.74) is -2.49. The molecule has 0 aliphatic heterocycles. The summed E-state index contributed by atoms with van der Waals surface area (Å²) in [6.45, 7) is 5.98. The molecule has 0 heterocycles. The number of nitrogens with two attached hydrogens (primary N) is 1. The molecule has 120 valence electrons. The summed E-state index contributed by atoms with van der Waals surface area (Å²) in [4.78, 5) is -0.544. The summed E-state index contributed by atoms with van der Waals surface area (Å²) in [6, 6.07) is 4.70. The van der Waals surface area contributed by atoms with Gasteiger partial charge >= 0.3 is 0 Å². The Kier molecular flexibility index (Phi) is 4.58. The topological polar surface area (TPSA) is 127 Å². The maximum atomic E-state index is 12.3. The highest BCUT2D eigenvalue weighted by molar-refractivity contribution is 7.90. The molecule has 0 unspecified atom stereocenters. The van der Waals surface area contributed by atoms with Crippen LogP contribution in [0.4, 0.5) is 0 Å². The van der Waals surface area contributed by atoms with Gasteiger partial charge in [-0.05, 0) is 45.9 Å². The zero-order valence-corrected chi connectivity index (χ0v) is 13.9. The van der Waals surface area contributed by atoms with Gasteiger partial charge in [-0.1, -0.05) is 6.07 Å². The van der Waals surface area contributed by atoms with Crippen LogP contribution >= 0.6 is 0 Å². The fraction of sp³-hybridized carbons (Fsp3) is 0.500. The molecular formula is C12H20N2O5S2. The second kappa shape index (κ2) is 5.33. The van der Waals surface area contributed by atoms with Crippen molar-refractivity contribution in [3.8, 4) is 0 Å². The van der Waals surface area contributed by atoms with Gasteiger partial charge in [0.1, 0.15) is 0 Å². The fourth-order valence-electron chi connectivity index (χ4n) is 1.34. The first-order valence-corrected chi connectivity index (χ1v) is 9.09. The van der Waals surface area contributed by atoms with Gasteiger partial charge in [0.15, 0.2) is 0 Å². The molecule has 0 radical (unpaired) electrons. The Labute approximate surface area is 125 Å². The zero-order chi connectivity index (χ0) is 16.7. The molecule has 0 saturated heterocycles. The summed E-state index contributed by atoms with van der Waals surface area (Å²) < 4.78 is 49.5. The quantitative estimate of drug-likeness (QED) is 0.706. The summed E-state index contributed by atoms with van der Waals surface area (Å²) in [6.07, 6.45) is 0. The van der Waals surface area contributed by atoms with E-state index in [1.54, 1.807) is 0 Å². The standard InChI is InChI=1S/C12H20N2O5S2/c1-11(2,12(3,4)15)14-21(18,19)10-7-5-6-9(8-10)20(13,16)17/h5-8,14-15H,1-4H3,(H2,13,16,17). The molecule has 4 N–H and O–H groups in total. The van der Waals surface area contributed by atoms with E-state index in [1.807, 2.05) is 0 Å². The van der Waals surface area contributed by atoms with Crippen molar-refractivity contribution in [2.45, 2.75) is 48.6 Å². The number of aliphatic hydroxyl groups is 1. The van der Waals surface area contributed by atoms with Crippen molar-refractivity contribution in [2.75, 3.05) is 0 Å². The van der Waals surface area contributed by atoms with Gasteiger partial charge in [-0.3, -0.25) is 0 Å². The summed E-state index contributed by atoms with van der Waals surface area (Å²) in [7, 11) is -8.01. The van der Waals surface area contributed by atoms with Gasteiger partial charge < -0.3 is 5.11 Å². The monoisotopic (exact) mass is 336 g/mol. The lowest BCUT2D eigenvalue weighted by Crippen LogP contribution is -2.57. The average Bonchev–Trinajstić information content (AvgIpc) is 2.25. The SMILES string of the molecule is CC(C)(O)C(C)(C)NS(=O)(=O)c1cccc(S(N)(=O)=O)c1. The van der Waals surface area contributed by atoms with E-state index < -0.39 is 31.2 Å². The molecule has 0 aliphatic rings. The number of sulfonamides is 2. The second-order valence-corrected chi connectivity index (χ2v) is 9.05. The van der Waals surface area contributed by atoms with Gasteiger partial charge in [0.25, 0.3) is 0 Å². The van der Waals surface area contributed by atoms with Crippen LogP contribution in [0.15, 0.2) is 34.1 Å². The number of hydrogen-bond donors (Lipinski definition) is 3. The van der Waals surface area contributed by atoms with Crippen molar-refractivity contribution in [2.24, 2.45) is 5.14 Å². The predicted octanol–water partition coefficient (Wildman–Crippen LogP) is 0.162. The minimum absolute atomic E-state index is 0.244. The van der Waals surface area contributed by atoms with E-state index in [0.717, 1.165) is 6.07 Å². The fourth-order valence-corrected chi connectivity index (χ4v) is 3.55. The van der Waals surface area contributed by atoms with Crippen LogP contribution in [0.3, 0.4) is 0 Å². The summed E-state index contributed by atoms with van der Waals surface area (Å²) in [5, 5.41) is 15.0. The Hall–Kier alpha value is -1.00. The number of primary sulfonamides is 1. The molecule has 0 atom stereocenters. The molecule has 1 aromatic carbocycles. The first kappa shape index (κ1) is 18.1. The third kappa shape index (κ3) is 4.24. The predicted molar refractivity (Wildman–Crippen MR) is 78.5 cm³/mol. The largest absolute Gasteiger partial charge is 0.389 e. The summed E-state index contributed by atoms with van der Waals surface area (Å²) >= 11 is 0. The highest BCUT2D eigenvalue weighted by Gasteiger charge is 2.38. The molecule has 0 bridgehead atoms. The molecule has 1 aromatic rings. The van der Waals surface area contributed by atoms with Crippen LogP contribution in [0.25, 0.3) is 0 Å².